The van der Waals surface area contributed by atoms with E-state index in [4.69, 9.17) is 23.2 Å². The number of aromatic nitrogens is 3. The molecule has 2 heterocycles. The summed E-state index contributed by atoms with van der Waals surface area (Å²) in [5, 5.41) is 0.531. The van der Waals surface area contributed by atoms with E-state index in [0.29, 0.717) is 11.7 Å². The van der Waals surface area contributed by atoms with Gasteiger partial charge in [-0.3, -0.25) is 0 Å². The summed E-state index contributed by atoms with van der Waals surface area (Å²) in [6.07, 6.45) is 1.86. The fourth-order valence-corrected chi connectivity index (χ4v) is 1.72. The molecule has 67 valence electrons. The zero-order valence-corrected chi connectivity index (χ0v) is 8.18. The SMILES string of the molecule is [CH2]Cn1ccc2nc(Cl)nc(Cl)c21. The molecule has 0 saturated carbocycles. The minimum Gasteiger partial charge on any atom is -0.344 e. The van der Waals surface area contributed by atoms with E-state index in [1.807, 2.05) is 16.8 Å². The van der Waals surface area contributed by atoms with Gasteiger partial charge in [-0.25, -0.2) is 9.97 Å². The Kier molecular flexibility index (Phi) is 2.14. The van der Waals surface area contributed by atoms with Crippen LogP contribution in [0.2, 0.25) is 10.4 Å². The van der Waals surface area contributed by atoms with Crippen molar-refractivity contribution in [3.63, 3.8) is 0 Å². The van der Waals surface area contributed by atoms with Crippen molar-refractivity contribution in [2.75, 3.05) is 0 Å². The summed E-state index contributed by atoms with van der Waals surface area (Å²) >= 11 is 11.5. The van der Waals surface area contributed by atoms with Crippen molar-refractivity contribution in [3.05, 3.63) is 29.6 Å². The first-order chi connectivity index (χ1) is 6.22. The van der Waals surface area contributed by atoms with Gasteiger partial charge in [-0.2, -0.15) is 0 Å². The molecule has 2 aromatic heterocycles. The van der Waals surface area contributed by atoms with Crippen molar-refractivity contribution in [1.29, 1.82) is 0 Å². The largest absolute Gasteiger partial charge is 0.344 e. The lowest BCUT2D eigenvalue weighted by molar-refractivity contribution is 0.857. The van der Waals surface area contributed by atoms with Crippen molar-refractivity contribution >= 4 is 34.2 Å². The van der Waals surface area contributed by atoms with E-state index in [1.165, 1.54) is 0 Å². The molecule has 2 rings (SSSR count). The van der Waals surface area contributed by atoms with Crippen LogP contribution in [0.5, 0.6) is 0 Å². The van der Waals surface area contributed by atoms with Gasteiger partial charge >= 0.3 is 0 Å². The summed E-state index contributed by atoms with van der Waals surface area (Å²) < 4.78 is 1.87. The number of hydrogen-bond acceptors (Lipinski definition) is 2. The summed E-state index contributed by atoms with van der Waals surface area (Å²) in [5.41, 5.74) is 1.52. The van der Waals surface area contributed by atoms with Gasteiger partial charge in [0, 0.05) is 12.7 Å². The number of hydrogen-bond donors (Lipinski definition) is 0. The van der Waals surface area contributed by atoms with Crippen LogP contribution in [0, 0.1) is 6.92 Å². The molecule has 0 N–H and O–H groups in total. The smallest absolute Gasteiger partial charge is 0.224 e. The average molecular weight is 215 g/mol. The maximum atomic E-state index is 5.90. The first-order valence-corrected chi connectivity index (χ1v) is 4.45. The second-order valence-corrected chi connectivity index (χ2v) is 3.22. The van der Waals surface area contributed by atoms with E-state index in [9.17, 15) is 0 Å². The van der Waals surface area contributed by atoms with Gasteiger partial charge in [0.15, 0.2) is 5.15 Å². The van der Waals surface area contributed by atoms with Gasteiger partial charge < -0.3 is 4.57 Å². The van der Waals surface area contributed by atoms with E-state index in [2.05, 4.69) is 16.9 Å². The Morgan fingerprint density at radius 1 is 1.38 bits per heavy atom. The molecule has 0 aliphatic rings. The Labute approximate surface area is 85.3 Å². The normalized spacial score (nSPS) is 11.0. The Bertz CT molecular complexity index is 450. The molecule has 3 nitrogen and oxygen atoms in total. The predicted octanol–water partition coefficient (Wildman–Crippen LogP) is 2.57. The lowest BCUT2D eigenvalue weighted by Gasteiger charge is -2.01. The predicted molar refractivity (Wildman–Crippen MR) is 52.9 cm³/mol. The molecule has 0 bridgehead atoms. The van der Waals surface area contributed by atoms with Crippen LogP contribution in [0.1, 0.15) is 0 Å². The van der Waals surface area contributed by atoms with Gasteiger partial charge in [0.2, 0.25) is 5.28 Å². The zero-order valence-electron chi connectivity index (χ0n) is 6.67. The molecule has 0 aliphatic carbocycles. The van der Waals surface area contributed by atoms with Crippen molar-refractivity contribution in [2.24, 2.45) is 0 Å². The summed E-state index contributed by atoms with van der Waals surface area (Å²) in [6.45, 7) is 4.35. The maximum Gasteiger partial charge on any atom is 0.224 e. The van der Waals surface area contributed by atoms with Crippen LogP contribution in [-0.4, -0.2) is 14.5 Å². The number of rotatable bonds is 1. The van der Waals surface area contributed by atoms with Gasteiger partial charge in [0.1, 0.15) is 5.52 Å². The van der Waals surface area contributed by atoms with Gasteiger partial charge in [-0.05, 0) is 24.6 Å². The Balaban J connectivity index is 2.82. The summed E-state index contributed by atoms with van der Waals surface area (Å²) in [4.78, 5) is 7.88. The van der Waals surface area contributed by atoms with Gasteiger partial charge in [-0.1, -0.05) is 11.6 Å². The lowest BCUT2D eigenvalue weighted by Crippen LogP contribution is -1.94. The molecule has 13 heavy (non-hydrogen) atoms. The van der Waals surface area contributed by atoms with E-state index in [-0.39, 0.29) is 5.28 Å². The molecular weight excluding hydrogens is 209 g/mol. The number of halogens is 2. The lowest BCUT2D eigenvalue weighted by atomic mass is 10.4. The molecule has 0 atom stereocenters. The summed E-state index contributed by atoms with van der Waals surface area (Å²) in [7, 11) is 0. The molecule has 0 saturated heterocycles. The summed E-state index contributed by atoms with van der Waals surface area (Å²) in [6, 6.07) is 1.83. The van der Waals surface area contributed by atoms with Gasteiger partial charge in [0.25, 0.3) is 0 Å². The van der Waals surface area contributed by atoms with Gasteiger partial charge in [-0.15, -0.1) is 0 Å². The Hall–Kier alpha value is -0.800. The third-order valence-corrected chi connectivity index (χ3v) is 2.21. The molecule has 0 unspecified atom stereocenters. The van der Waals surface area contributed by atoms with Crippen LogP contribution in [-0.2, 0) is 6.54 Å². The fraction of sp³-hybridized carbons (Fsp3) is 0.125. The monoisotopic (exact) mass is 214 g/mol. The van der Waals surface area contributed by atoms with Gasteiger partial charge in [0.05, 0.1) is 5.52 Å². The number of nitrogens with zero attached hydrogens (tertiary/aromatic N) is 3. The summed E-state index contributed by atoms with van der Waals surface area (Å²) in [5.74, 6) is 0. The van der Waals surface area contributed by atoms with Crippen LogP contribution >= 0.6 is 23.2 Å². The van der Waals surface area contributed by atoms with Crippen LogP contribution in [0.3, 0.4) is 0 Å². The van der Waals surface area contributed by atoms with Crippen molar-refractivity contribution in [1.82, 2.24) is 14.5 Å². The zero-order chi connectivity index (χ0) is 9.42. The van der Waals surface area contributed by atoms with E-state index in [1.54, 1.807) is 0 Å². The average Bonchev–Trinajstić information content (AvgIpc) is 2.47. The van der Waals surface area contributed by atoms with E-state index in [0.717, 1.165) is 11.0 Å². The third-order valence-electron chi connectivity index (χ3n) is 1.78. The topological polar surface area (TPSA) is 30.7 Å². The Morgan fingerprint density at radius 2 is 2.15 bits per heavy atom. The number of fused-ring (bicyclic) bond motifs is 1. The Morgan fingerprint density at radius 3 is 2.85 bits per heavy atom. The van der Waals surface area contributed by atoms with Crippen LogP contribution in [0.4, 0.5) is 0 Å². The molecule has 0 spiro atoms. The molecular formula is C8H6Cl2N3. The van der Waals surface area contributed by atoms with Crippen molar-refractivity contribution in [2.45, 2.75) is 6.54 Å². The van der Waals surface area contributed by atoms with Crippen LogP contribution in [0.15, 0.2) is 12.3 Å². The highest BCUT2D eigenvalue weighted by atomic mass is 35.5. The minimum atomic E-state index is 0.166. The standard InChI is InChI=1S/C8H6Cl2N3/c1-2-13-4-3-5-6(13)7(9)12-8(10)11-5/h3-4H,1-2H2. The van der Waals surface area contributed by atoms with Crippen molar-refractivity contribution in [3.8, 4) is 0 Å². The third kappa shape index (κ3) is 1.38. The molecule has 0 amide bonds. The van der Waals surface area contributed by atoms with E-state index < -0.39 is 0 Å². The van der Waals surface area contributed by atoms with E-state index >= 15 is 0 Å². The highest BCUT2D eigenvalue weighted by Gasteiger charge is 2.08. The first-order valence-electron chi connectivity index (χ1n) is 3.69. The second-order valence-electron chi connectivity index (χ2n) is 2.53. The molecule has 5 heteroatoms. The van der Waals surface area contributed by atoms with Crippen molar-refractivity contribution < 1.29 is 0 Å². The molecule has 0 fully saturated rings. The minimum absolute atomic E-state index is 0.166. The maximum absolute atomic E-state index is 5.90. The quantitative estimate of drug-likeness (QED) is 0.540. The highest BCUT2D eigenvalue weighted by molar-refractivity contribution is 6.35. The molecule has 1 radical (unpaired) electrons. The second kappa shape index (κ2) is 3.16. The molecule has 0 aliphatic heterocycles. The fourth-order valence-electron chi connectivity index (χ4n) is 1.22. The molecule has 0 aromatic carbocycles. The van der Waals surface area contributed by atoms with Crippen LogP contribution < -0.4 is 0 Å². The van der Waals surface area contributed by atoms with Crippen LogP contribution in [0.25, 0.3) is 11.0 Å². The highest BCUT2D eigenvalue weighted by Crippen LogP contribution is 2.22. The molecule has 2 aromatic rings. The first kappa shape index (κ1) is 8.78.